The van der Waals surface area contributed by atoms with E-state index in [1.807, 2.05) is 31.2 Å². The molecule has 6 heteroatoms. The van der Waals surface area contributed by atoms with E-state index in [9.17, 15) is 9.59 Å². The molecule has 0 aromatic heterocycles. The number of carbonyl (C=O) groups excluding carboxylic acids is 1. The van der Waals surface area contributed by atoms with Gasteiger partial charge in [-0.15, -0.1) is 0 Å². The van der Waals surface area contributed by atoms with Crippen molar-refractivity contribution in [2.45, 2.75) is 25.4 Å². The second-order valence-electron chi connectivity index (χ2n) is 3.99. The highest BCUT2D eigenvalue weighted by Gasteiger charge is 2.19. The fourth-order valence-corrected chi connectivity index (χ4v) is 1.70. The van der Waals surface area contributed by atoms with Gasteiger partial charge in [0, 0.05) is 4.47 Å². The highest BCUT2D eigenvalue weighted by atomic mass is 79.9. The summed E-state index contributed by atoms with van der Waals surface area (Å²) in [5.74, 6) is -1.55. The van der Waals surface area contributed by atoms with Crippen molar-refractivity contribution in [1.29, 1.82) is 0 Å². The predicted octanol–water partition coefficient (Wildman–Crippen LogP) is 1.43. The Labute approximate surface area is 113 Å². The number of carboxylic acids is 1. The van der Waals surface area contributed by atoms with E-state index in [0.29, 0.717) is 0 Å². The number of rotatable bonds is 5. The van der Waals surface area contributed by atoms with Crippen LogP contribution in [0.2, 0.25) is 0 Å². The molecule has 1 aromatic rings. The van der Waals surface area contributed by atoms with E-state index in [1.54, 1.807) is 0 Å². The molecule has 0 bridgehead atoms. The van der Waals surface area contributed by atoms with Crippen LogP contribution in [-0.2, 0) is 9.59 Å². The normalized spacial score (nSPS) is 13.7. The fraction of sp³-hybridized carbons (Fsp3) is 0.333. The number of benzene rings is 1. The predicted molar refractivity (Wildman–Crippen MR) is 70.9 cm³/mol. The van der Waals surface area contributed by atoms with Gasteiger partial charge >= 0.3 is 5.97 Å². The summed E-state index contributed by atoms with van der Waals surface area (Å²) in [6.07, 6.45) is -0.376. The van der Waals surface area contributed by atoms with Crippen molar-refractivity contribution in [2.75, 3.05) is 0 Å². The molecule has 5 nitrogen and oxygen atoms in total. The Kier molecular flexibility index (Phi) is 5.30. The lowest BCUT2D eigenvalue weighted by molar-refractivity contribution is -0.139. The molecular formula is C12H15BrN2O3. The van der Waals surface area contributed by atoms with Crippen LogP contribution in [0.5, 0.6) is 0 Å². The first-order valence-corrected chi connectivity index (χ1v) is 6.22. The molecule has 0 aliphatic rings. The topological polar surface area (TPSA) is 92.4 Å². The summed E-state index contributed by atoms with van der Waals surface area (Å²) >= 11 is 3.32. The van der Waals surface area contributed by atoms with Crippen molar-refractivity contribution in [3.8, 4) is 0 Å². The summed E-state index contributed by atoms with van der Waals surface area (Å²) in [7, 11) is 0. The van der Waals surface area contributed by atoms with Crippen LogP contribution < -0.4 is 11.1 Å². The minimum atomic E-state index is -1.09. The van der Waals surface area contributed by atoms with E-state index in [0.717, 1.165) is 10.0 Å². The van der Waals surface area contributed by atoms with Crippen molar-refractivity contribution in [3.05, 3.63) is 34.3 Å². The monoisotopic (exact) mass is 314 g/mol. The van der Waals surface area contributed by atoms with Crippen molar-refractivity contribution < 1.29 is 14.7 Å². The highest BCUT2D eigenvalue weighted by Crippen LogP contribution is 2.16. The third-order valence-corrected chi connectivity index (χ3v) is 2.99. The number of nitrogens with one attached hydrogen (secondary N) is 1. The van der Waals surface area contributed by atoms with E-state index < -0.39 is 17.9 Å². The average molecular weight is 315 g/mol. The number of aliphatic carboxylic acids is 1. The summed E-state index contributed by atoms with van der Waals surface area (Å²) < 4.78 is 0.951. The van der Waals surface area contributed by atoms with Gasteiger partial charge in [-0.2, -0.15) is 0 Å². The molecule has 0 fully saturated rings. The zero-order chi connectivity index (χ0) is 13.7. The van der Waals surface area contributed by atoms with Gasteiger partial charge in [0.15, 0.2) is 0 Å². The minimum Gasteiger partial charge on any atom is -0.481 e. The third-order valence-electron chi connectivity index (χ3n) is 2.46. The first-order valence-electron chi connectivity index (χ1n) is 5.43. The van der Waals surface area contributed by atoms with Crippen LogP contribution in [0.4, 0.5) is 0 Å². The molecule has 2 unspecified atom stereocenters. The maximum Gasteiger partial charge on any atom is 0.305 e. The molecule has 2 atom stereocenters. The highest BCUT2D eigenvalue weighted by molar-refractivity contribution is 9.10. The number of amides is 1. The molecule has 1 amide bonds. The molecule has 0 spiro atoms. The molecule has 0 saturated carbocycles. The minimum absolute atomic E-state index is 0.217. The summed E-state index contributed by atoms with van der Waals surface area (Å²) in [5, 5.41) is 11.2. The molecule has 98 valence electrons. The molecule has 0 aliphatic heterocycles. The van der Waals surface area contributed by atoms with Gasteiger partial charge in [-0.1, -0.05) is 28.1 Å². The first kappa shape index (κ1) is 14.7. The number of hydrogen-bond acceptors (Lipinski definition) is 3. The molecule has 18 heavy (non-hydrogen) atoms. The van der Waals surface area contributed by atoms with Crippen LogP contribution in [0, 0.1) is 0 Å². The average Bonchev–Trinajstić information content (AvgIpc) is 2.28. The SMILES string of the molecule is CC(NC(=O)C(N)CC(=O)O)c1ccc(Br)cc1. The molecule has 1 rings (SSSR count). The summed E-state index contributed by atoms with van der Waals surface area (Å²) in [6.45, 7) is 1.81. The number of halogens is 1. The zero-order valence-corrected chi connectivity index (χ0v) is 11.5. The van der Waals surface area contributed by atoms with Gasteiger partial charge in [-0.3, -0.25) is 9.59 Å². The second-order valence-corrected chi connectivity index (χ2v) is 4.90. The lowest BCUT2D eigenvalue weighted by atomic mass is 10.1. The van der Waals surface area contributed by atoms with E-state index in [2.05, 4.69) is 21.2 Å². The maximum atomic E-state index is 11.6. The van der Waals surface area contributed by atoms with Crippen LogP contribution in [0.3, 0.4) is 0 Å². The Balaban J connectivity index is 2.59. The zero-order valence-electron chi connectivity index (χ0n) is 9.89. The van der Waals surface area contributed by atoms with Gasteiger partial charge in [0.25, 0.3) is 0 Å². The summed E-state index contributed by atoms with van der Waals surface area (Å²) in [6, 6.07) is 6.24. The van der Waals surface area contributed by atoms with Gasteiger partial charge in [-0.25, -0.2) is 0 Å². The smallest absolute Gasteiger partial charge is 0.305 e. The largest absolute Gasteiger partial charge is 0.481 e. The molecule has 0 radical (unpaired) electrons. The number of carbonyl (C=O) groups is 2. The fourth-order valence-electron chi connectivity index (χ4n) is 1.44. The van der Waals surface area contributed by atoms with E-state index in [1.165, 1.54) is 0 Å². The quantitative estimate of drug-likeness (QED) is 0.766. The van der Waals surface area contributed by atoms with Gasteiger partial charge in [0.05, 0.1) is 18.5 Å². The van der Waals surface area contributed by atoms with E-state index in [-0.39, 0.29) is 12.5 Å². The van der Waals surface area contributed by atoms with Crippen molar-refractivity contribution in [3.63, 3.8) is 0 Å². The number of hydrogen-bond donors (Lipinski definition) is 3. The van der Waals surface area contributed by atoms with Crippen LogP contribution in [0.15, 0.2) is 28.7 Å². The number of nitrogens with two attached hydrogens (primary N) is 1. The van der Waals surface area contributed by atoms with Crippen LogP contribution in [0.25, 0.3) is 0 Å². The van der Waals surface area contributed by atoms with Crippen LogP contribution in [0.1, 0.15) is 24.9 Å². The molecular weight excluding hydrogens is 300 g/mol. The number of carboxylic acid groups (broad SMARTS) is 1. The Hall–Kier alpha value is -1.40. The standard InChI is InChI=1S/C12H15BrN2O3/c1-7(8-2-4-9(13)5-3-8)15-12(18)10(14)6-11(16)17/h2-5,7,10H,6,14H2,1H3,(H,15,18)(H,16,17). The van der Waals surface area contributed by atoms with Crippen molar-refractivity contribution >= 4 is 27.8 Å². The van der Waals surface area contributed by atoms with Crippen molar-refractivity contribution in [2.24, 2.45) is 5.73 Å². The molecule has 1 aromatic carbocycles. The first-order chi connectivity index (χ1) is 8.40. The molecule has 0 heterocycles. The molecule has 0 saturated heterocycles. The van der Waals surface area contributed by atoms with E-state index in [4.69, 9.17) is 10.8 Å². The van der Waals surface area contributed by atoms with Crippen molar-refractivity contribution in [1.82, 2.24) is 5.32 Å². The van der Waals surface area contributed by atoms with Gasteiger partial charge in [0.1, 0.15) is 0 Å². The van der Waals surface area contributed by atoms with Gasteiger partial charge in [-0.05, 0) is 24.6 Å². The van der Waals surface area contributed by atoms with E-state index >= 15 is 0 Å². The lowest BCUT2D eigenvalue weighted by Gasteiger charge is -2.17. The summed E-state index contributed by atoms with van der Waals surface area (Å²) in [5.41, 5.74) is 6.39. The van der Waals surface area contributed by atoms with Gasteiger partial charge < -0.3 is 16.2 Å². The second kappa shape index (κ2) is 6.51. The summed E-state index contributed by atoms with van der Waals surface area (Å²) in [4.78, 5) is 22.1. The Bertz CT molecular complexity index is 433. The Morgan fingerprint density at radius 1 is 1.39 bits per heavy atom. The third kappa shape index (κ3) is 4.46. The van der Waals surface area contributed by atoms with Crippen LogP contribution in [-0.4, -0.2) is 23.0 Å². The van der Waals surface area contributed by atoms with Gasteiger partial charge in [0.2, 0.25) is 5.91 Å². The molecule has 4 N–H and O–H groups in total. The lowest BCUT2D eigenvalue weighted by Crippen LogP contribution is -2.42. The Morgan fingerprint density at radius 3 is 2.44 bits per heavy atom. The Morgan fingerprint density at radius 2 is 1.94 bits per heavy atom. The van der Waals surface area contributed by atoms with Crippen LogP contribution >= 0.6 is 15.9 Å². The molecule has 0 aliphatic carbocycles. The maximum absolute atomic E-state index is 11.6.